The Morgan fingerprint density at radius 1 is 1.35 bits per heavy atom. The van der Waals surface area contributed by atoms with Gasteiger partial charge in [0.1, 0.15) is 6.61 Å². The molecule has 0 spiro atoms. The van der Waals surface area contributed by atoms with Crippen LogP contribution in [0.4, 0.5) is 0 Å². The van der Waals surface area contributed by atoms with Crippen LogP contribution in [0.1, 0.15) is 12.5 Å². The largest absolute Gasteiger partial charge is 0.493 e. The SMILES string of the molecule is CCS(=O)(=O)CCOc1c(Cl)cc(CNC)cc1OC. The van der Waals surface area contributed by atoms with Crippen molar-refractivity contribution in [2.75, 3.05) is 32.3 Å². The van der Waals surface area contributed by atoms with Crippen molar-refractivity contribution in [2.24, 2.45) is 0 Å². The molecule has 1 aromatic carbocycles. The summed E-state index contributed by atoms with van der Waals surface area (Å²) in [6.45, 7) is 2.31. The van der Waals surface area contributed by atoms with Crippen LogP contribution in [0.25, 0.3) is 0 Å². The number of rotatable bonds is 8. The molecule has 0 atom stereocenters. The highest BCUT2D eigenvalue weighted by atomic mass is 35.5. The van der Waals surface area contributed by atoms with Gasteiger partial charge in [-0.2, -0.15) is 0 Å². The third-order valence-electron chi connectivity index (χ3n) is 2.75. The first-order valence-corrected chi connectivity index (χ1v) is 8.47. The molecule has 0 saturated carbocycles. The van der Waals surface area contributed by atoms with Gasteiger partial charge in [-0.25, -0.2) is 8.42 Å². The number of sulfone groups is 1. The van der Waals surface area contributed by atoms with Crippen molar-refractivity contribution >= 4 is 21.4 Å². The van der Waals surface area contributed by atoms with Crippen LogP contribution in [-0.2, 0) is 16.4 Å². The van der Waals surface area contributed by atoms with E-state index in [-0.39, 0.29) is 18.1 Å². The Morgan fingerprint density at radius 2 is 2.05 bits per heavy atom. The minimum absolute atomic E-state index is 0.0404. The van der Waals surface area contributed by atoms with Crippen LogP contribution in [0.5, 0.6) is 11.5 Å². The first kappa shape index (κ1) is 17.1. The molecule has 0 heterocycles. The van der Waals surface area contributed by atoms with Crippen LogP contribution in [0.2, 0.25) is 5.02 Å². The third kappa shape index (κ3) is 4.85. The highest BCUT2D eigenvalue weighted by Gasteiger charge is 2.14. The maximum absolute atomic E-state index is 11.4. The number of nitrogens with one attached hydrogen (secondary N) is 1. The molecule has 0 fully saturated rings. The van der Waals surface area contributed by atoms with E-state index >= 15 is 0 Å². The van der Waals surface area contributed by atoms with Crippen molar-refractivity contribution in [1.29, 1.82) is 0 Å². The number of benzene rings is 1. The summed E-state index contributed by atoms with van der Waals surface area (Å²) < 4.78 is 33.5. The molecule has 0 aliphatic heterocycles. The van der Waals surface area contributed by atoms with Gasteiger partial charge in [-0.05, 0) is 24.7 Å². The molecular weight excluding hydrogens is 302 g/mol. The van der Waals surface area contributed by atoms with Gasteiger partial charge in [-0.3, -0.25) is 0 Å². The number of hydrogen-bond donors (Lipinski definition) is 1. The molecule has 0 amide bonds. The molecular formula is C13H20ClNO4S. The van der Waals surface area contributed by atoms with E-state index in [0.29, 0.717) is 23.1 Å². The summed E-state index contributed by atoms with van der Waals surface area (Å²) in [4.78, 5) is 0. The predicted molar refractivity (Wildman–Crippen MR) is 80.6 cm³/mol. The molecule has 0 aliphatic carbocycles. The molecule has 0 radical (unpaired) electrons. The topological polar surface area (TPSA) is 64.6 Å². The van der Waals surface area contributed by atoms with Crippen LogP contribution >= 0.6 is 11.6 Å². The van der Waals surface area contributed by atoms with E-state index in [1.807, 2.05) is 13.1 Å². The standard InChI is InChI=1S/C13H20ClNO4S/c1-4-20(16,17)6-5-19-13-11(14)7-10(9-15-2)8-12(13)18-3/h7-8,15H,4-6,9H2,1-3H3. The maximum atomic E-state index is 11.4. The number of methoxy groups -OCH3 is 1. The van der Waals surface area contributed by atoms with Gasteiger partial charge in [0.2, 0.25) is 0 Å². The smallest absolute Gasteiger partial charge is 0.179 e. The second-order valence-corrected chi connectivity index (χ2v) is 7.10. The van der Waals surface area contributed by atoms with Gasteiger partial charge in [0.05, 0.1) is 17.9 Å². The molecule has 1 rings (SSSR count). The third-order valence-corrected chi connectivity index (χ3v) is 4.70. The molecule has 0 aromatic heterocycles. The molecule has 114 valence electrons. The van der Waals surface area contributed by atoms with Crippen molar-refractivity contribution < 1.29 is 17.9 Å². The van der Waals surface area contributed by atoms with Gasteiger partial charge in [0.15, 0.2) is 21.3 Å². The molecule has 1 N–H and O–H groups in total. The Bertz CT molecular complexity index is 546. The molecule has 0 aliphatic rings. The van der Waals surface area contributed by atoms with Crippen LogP contribution < -0.4 is 14.8 Å². The Kier molecular flexibility index (Phi) is 6.58. The fourth-order valence-electron chi connectivity index (χ4n) is 1.63. The summed E-state index contributed by atoms with van der Waals surface area (Å²) >= 11 is 6.15. The fourth-order valence-corrected chi connectivity index (χ4v) is 2.55. The average Bonchev–Trinajstić information content (AvgIpc) is 2.41. The minimum atomic E-state index is -3.06. The van der Waals surface area contributed by atoms with Crippen molar-refractivity contribution in [2.45, 2.75) is 13.5 Å². The molecule has 0 saturated heterocycles. The molecule has 7 heteroatoms. The van der Waals surface area contributed by atoms with Gasteiger partial charge >= 0.3 is 0 Å². The summed E-state index contributed by atoms with van der Waals surface area (Å²) in [5, 5.41) is 3.42. The summed E-state index contributed by atoms with van der Waals surface area (Å²) in [5.41, 5.74) is 0.961. The van der Waals surface area contributed by atoms with Gasteiger partial charge in [-0.1, -0.05) is 18.5 Å². The van der Waals surface area contributed by atoms with Crippen molar-refractivity contribution in [1.82, 2.24) is 5.32 Å². The van der Waals surface area contributed by atoms with Crippen molar-refractivity contribution in [3.8, 4) is 11.5 Å². The van der Waals surface area contributed by atoms with E-state index in [1.165, 1.54) is 7.11 Å². The minimum Gasteiger partial charge on any atom is -0.493 e. The zero-order chi connectivity index (χ0) is 15.2. The zero-order valence-corrected chi connectivity index (χ0v) is 13.5. The molecule has 0 unspecified atom stereocenters. The monoisotopic (exact) mass is 321 g/mol. The quantitative estimate of drug-likeness (QED) is 0.792. The number of ether oxygens (including phenoxy) is 2. The lowest BCUT2D eigenvalue weighted by Crippen LogP contribution is -2.16. The van der Waals surface area contributed by atoms with E-state index in [0.717, 1.165) is 5.56 Å². The fraction of sp³-hybridized carbons (Fsp3) is 0.538. The van der Waals surface area contributed by atoms with E-state index in [4.69, 9.17) is 21.1 Å². The Labute approximate surface area is 125 Å². The first-order chi connectivity index (χ1) is 9.43. The molecule has 5 nitrogen and oxygen atoms in total. The maximum Gasteiger partial charge on any atom is 0.179 e. The average molecular weight is 322 g/mol. The lowest BCUT2D eigenvalue weighted by Gasteiger charge is -2.14. The molecule has 20 heavy (non-hydrogen) atoms. The second-order valence-electron chi connectivity index (χ2n) is 4.22. The summed E-state index contributed by atoms with van der Waals surface area (Å²) in [6, 6.07) is 3.58. The van der Waals surface area contributed by atoms with Gasteiger partial charge < -0.3 is 14.8 Å². The van der Waals surface area contributed by atoms with E-state index < -0.39 is 9.84 Å². The van der Waals surface area contributed by atoms with Crippen LogP contribution in [0.3, 0.4) is 0 Å². The van der Waals surface area contributed by atoms with E-state index in [1.54, 1.807) is 13.0 Å². The number of hydrogen-bond acceptors (Lipinski definition) is 5. The summed E-state index contributed by atoms with van der Waals surface area (Å²) in [6.07, 6.45) is 0. The number of halogens is 1. The van der Waals surface area contributed by atoms with Crippen LogP contribution in [0, 0.1) is 0 Å². The normalized spacial score (nSPS) is 11.4. The van der Waals surface area contributed by atoms with Crippen molar-refractivity contribution in [3.63, 3.8) is 0 Å². The Balaban J connectivity index is 2.84. The Morgan fingerprint density at radius 3 is 2.60 bits per heavy atom. The van der Waals surface area contributed by atoms with Gasteiger partial charge in [0.25, 0.3) is 0 Å². The summed E-state index contributed by atoms with van der Waals surface area (Å²) in [7, 11) is 0.294. The highest BCUT2D eigenvalue weighted by molar-refractivity contribution is 7.91. The van der Waals surface area contributed by atoms with Crippen LogP contribution in [0.15, 0.2) is 12.1 Å². The summed E-state index contributed by atoms with van der Waals surface area (Å²) in [5.74, 6) is 0.931. The lowest BCUT2D eigenvalue weighted by molar-refractivity contribution is 0.311. The molecule has 1 aromatic rings. The van der Waals surface area contributed by atoms with Gasteiger partial charge in [-0.15, -0.1) is 0 Å². The highest BCUT2D eigenvalue weighted by Crippen LogP contribution is 2.36. The van der Waals surface area contributed by atoms with E-state index in [9.17, 15) is 8.42 Å². The van der Waals surface area contributed by atoms with Crippen LogP contribution in [-0.4, -0.2) is 40.7 Å². The zero-order valence-electron chi connectivity index (χ0n) is 11.9. The first-order valence-electron chi connectivity index (χ1n) is 6.27. The predicted octanol–water partition coefficient (Wildman–Crippen LogP) is 1.88. The molecule has 0 bridgehead atoms. The Hall–Kier alpha value is -0.980. The lowest BCUT2D eigenvalue weighted by atomic mass is 10.2. The van der Waals surface area contributed by atoms with Gasteiger partial charge in [0, 0.05) is 12.3 Å². The van der Waals surface area contributed by atoms with Crippen molar-refractivity contribution in [3.05, 3.63) is 22.7 Å². The second kappa shape index (κ2) is 7.71. The van der Waals surface area contributed by atoms with E-state index in [2.05, 4.69) is 5.32 Å².